The van der Waals surface area contributed by atoms with Crippen LogP contribution in [0.25, 0.3) is 0 Å². The summed E-state index contributed by atoms with van der Waals surface area (Å²) >= 11 is 0. The molecule has 0 aromatic heterocycles. The van der Waals surface area contributed by atoms with Crippen molar-refractivity contribution in [2.24, 2.45) is 0 Å². The Morgan fingerprint density at radius 2 is 1.64 bits per heavy atom. The Labute approximate surface area is 129 Å². The first-order valence-electron chi connectivity index (χ1n) is 6.59. The fourth-order valence-electron chi connectivity index (χ4n) is 1.58. The van der Waals surface area contributed by atoms with E-state index in [4.69, 9.17) is 28.7 Å². The highest BCUT2D eigenvalue weighted by Crippen LogP contribution is 2.34. The molecule has 7 nitrogen and oxygen atoms in total. The Morgan fingerprint density at radius 3 is 2.18 bits per heavy atom. The van der Waals surface area contributed by atoms with E-state index in [0.29, 0.717) is 17.9 Å². The molecular weight excluding hydrogens is 292 g/mol. The molecule has 1 unspecified atom stereocenters. The average Bonchev–Trinajstić information content (AvgIpc) is 2.56. The summed E-state index contributed by atoms with van der Waals surface area (Å²) in [5.41, 5.74) is 0.160. The van der Waals surface area contributed by atoms with Gasteiger partial charge in [0.05, 0.1) is 27.4 Å². The van der Waals surface area contributed by atoms with Gasteiger partial charge in [-0.3, -0.25) is 4.89 Å². The summed E-state index contributed by atoms with van der Waals surface area (Å²) in [6, 6.07) is 2.99. The topological polar surface area (TPSA) is 72.5 Å². The summed E-state index contributed by atoms with van der Waals surface area (Å²) in [6.07, 6.45) is 0.446. The van der Waals surface area contributed by atoms with Crippen LogP contribution in [0.4, 0.5) is 0 Å². The van der Waals surface area contributed by atoms with Crippen molar-refractivity contribution in [3.8, 4) is 17.2 Å². The molecule has 0 aliphatic rings. The zero-order chi connectivity index (χ0) is 16.5. The minimum absolute atomic E-state index is 0.0330. The summed E-state index contributed by atoms with van der Waals surface area (Å²) in [4.78, 5) is 21.5. The molecule has 0 aliphatic heterocycles. The maximum atomic E-state index is 12.0. The molecule has 0 amide bonds. The minimum atomic E-state index is -0.709. The standard InChI is InChI=1S/C15H21O7/c1-10(17-2)6-7-21-22-15(16)11-8-13(19-4)14(20-5)9-12(11)18-3/h7-10H,6H2,1-5H3. The van der Waals surface area contributed by atoms with Crippen LogP contribution in [0.2, 0.25) is 0 Å². The molecule has 0 saturated heterocycles. The first-order chi connectivity index (χ1) is 10.6. The van der Waals surface area contributed by atoms with Crippen LogP contribution in [0, 0.1) is 6.61 Å². The fraction of sp³-hybridized carbons (Fsp3) is 0.467. The van der Waals surface area contributed by atoms with Gasteiger partial charge in [0.1, 0.15) is 17.9 Å². The van der Waals surface area contributed by atoms with E-state index in [1.165, 1.54) is 40.1 Å². The Hall–Kier alpha value is -1.99. The highest BCUT2D eigenvalue weighted by Gasteiger charge is 2.20. The number of methoxy groups -OCH3 is 4. The molecule has 1 aromatic carbocycles. The summed E-state index contributed by atoms with van der Waals surface area (Å²) < 4.78 is 20.5. The number of rotatable bonds is 9. The first-order valence-corrected chi connectivity index (χ1v) is 6.59. The van der Waals surface area contributed by atoms with Gasteiger partial charge < -0.3 is 18.9 Å². The van der Waals surface area contributed by atoms with Gasteiger partial charge in [-0.05, 0) is 6.92 Å². The van der Waals surface area contributed by atoms with Gasteiger partial charge in [-0.25, -0.2) is 4.79 Å². The Balaban J connectivity index is 2.75. The Kier molecular flexibility index (Phi) is 7.48. The second kappa shape index (κ2) is 9.11. The molecule has 1 aromatic rings. The van der Waals surface area contributed by atoms with Gasteiger partial charge >= 0.3 is 5.97 Å². The highest BCUT2D eigenvalue weighted by atomic mass is 17.2. The van der Waals surface area contributed by atoms with E-state index in [9.17, 15) is 4.79 Å². The van der Waals surface area contributed by atoms with Gasteiger partial charge in [0.2, 0.25) is 0 Å². The minimum Gasteiger partial charge on any atom is -0.496 e. The molecule has 0 spiro atoms. The number of hydrogen-bond donors (Lipinski definition) is 0. The summed E-state index contributed by atoms with van der Waals surface area (Å²) in [5, 5.41) is 0. The van der Waals surface area contributed by atoms with Crippen molar-refractivity contribution in [2.45, 2.75) is 19.4 Å². The molecule has 22 heavy (non-hydrogen) atoms. The van der Waals surface area contributed by atoms with E-state index in [1.54, 1.807) is 7.11 Å². The lowest BCUT2D eigenvalue weighted by atomic mass is 10.1. The van der Waals surface area contributed by atoms with Gasteiger partial charge in [-0.15, -0.1) is 0 Å². The second-order valence-corrected chi connectivity index (χ2v) is 4.32. The van der Waals surface area contributed by atoms with Crippen LogP contribution in [-0.2, 0) is 14.5 Å². The van der Waals surface area contributed by atoms with Gasteiger partial charge in [0, 0.05) is 25.7 Å². The summed E-state index contributed by atoms with van der Waals surface area (Å²) in [7, 11) is 5.98. The predicted molar refractivity (Wildman–Crippen MR) is 78.0 cm³/mol. The van der Waals surface area contributed by atoms with Crippen LogP contribution in [0.3, 0.4) is 0 Å². The molecular formula is C15H21O7. The van der Waals surface area contributed by atoms with Crippen molar-refractivity contribution >= 4 is 5.97 Å². The molecule has 0 fully saturated rings. The van der Waals surface area contributed by atoms with Crippen LogP contribution >= 0.6 is 0 Å². The number of ether oxygens (including phenoxy) is 4. The fourth-order valence-corrected chi connectivity index (χ4v) is 1.58. The van der Waals surface area contributed by atoms with Gasteiger partial charge in [0.15, 0.2) is 11.5 Å². The van der Waals surface area contributed by atoms with E-state index in [2.05, 4.69) is 0 Å². The van der Waals surface area contributed by atoms with E-state index in [-0.39, 0.29) is 17.4 Å². The third-order valence-corrected chi connectivity index (χ3v) is 2.95. The Bertz CT molecular complexity index is 487. The molecule has 123 valence electrons. The summed E-state index contributed by atoms with van der Waals surface area (Å²) in [6.45, 7) is 3.21. The van der Waals surface area contributed by atoms with E-state index < -0.39 is 5.97 Å². The lowest BCUT2D eigenvalue weighted by molar-refractivity contribution is -0.215. The van der Waals surface area contributed by atoms with Crippen LogP contribution in [-0.4, -0.2) is 40.5 Å². The van der Waals surface area contributed by atoms with Gasteiger partial charge in [0.25, 0.3) is 0 Å². The third kappa shape index (κ3) is 4.78. The van der Waals surface area contributed by atoms with Crippen LogP contribution < -0.4 is 14.2 Å². The average molecular weight is 313 g/mol. The molecule has 0 heterocycles. The molecule has 0 aliphatic carbocycles. The van der Waals surface area contributed by atoms with Gasteiger partial charge in [-0.1, -0.05) is 0 Å². The molecule has 1 rings (SSSR count). The SMILES string of the molecule is COc1cc(OC)c(C(=O)OO[CH]CC(C)OC)cc1OC. The summed E-state index contributed by atoms with van der Waals surface area (Å²) in [5.74, 6) is 0.403. The van der Waals surface area contributed by atoms with E-state index >= 15 is 0 Å². The lowest BCUT2D eigenvalue weighted by Gasteiger charge is -2.13. The van der Waals surface area contributed by atoms with Crippen molar-refractivity contribution in [3.63, 3.8) is 0 Å². The van der Waals surface area contributed by atoms with Crippen molar-refractivity contribution in [1.29, 1.82) is 0 Å². The predicted octanol–water partition coefficient (Wildman–Crippen LogP) is 2.39. The van der Waals surface area contributed by atoms with Crippen LogP contribution in [0.1, 0.15) is 23.7 Å². The normalized spacial score (nSPS) is 11.7. The molecule has 1 radical (unpaired) electrons. The first kappa shape index (κ1) is 18.1. The van der Waals surface area contributed by atoms with Crippen LogP contribution in [0.15, 0.2) is 12.1 Å². The van der Waals surface area contributed by atoms with Crippen molar-refractivity contribution in [3.05, 3.63) is 24.3 Å². The molecule has 0 N–H and O–H groups in total. The second-order valence-electron chi connectivity index (χ2n) is 4.32. The maximum absolute atomic E-state index is 12.0. The number of benzene rings is 1. The zero-order valence-corrected chi connectivity index (χ0v) is 13.4. The molecule has 0 bridgehead atoms. The monoisotopic (exact) mass is 313 g/mol. The van der Waals surface area contributed by atoms with Crippen molar-refractivity contribution < 1.29 is 33.5 Å². The zero-order valence-electron chi connectivity index (χ0n) is 13.4. The quantitative estimate of drug-likeness (QED) is 0.394. The maximum Gasteiger partial charge on any atom is 0.376 e. The number of hydrogen-bond acceptors (Lipinski definition) is 7. The lowest BCUT2D eigenvalue weighted by Crippen LogP contribution is -2.10. The van der Waals surface area contributed by atoms with E-state index in [1.807, 2.05) is 6.92 Å². The smallest absolute Gasteiger partial charge is 0.376 e. The Morgan fingerprint density at radius 1 is 1.05 bits per heavy atom. The third-order valence-electron chi connectivity index (χ3n) is 2.95. The molecule has 1 atom stereocenters. The number of carbonyl (C=O) groups is 1. The van der Waals surface area contributed by atoms with Crippen molar-refractivity contribution in [2.75, 3.05) is 28.4 Å². The van der Waals surface area contributed by atoms with Crippen LogP contribution in [0.5, 0.6) is 17.2 Å². The van der Waals surface area contributed by atoms with Gasteiger partial charge in [-0.2, -0.15) is 4.89 Å². The van der Waals surface area contributed by atoms with Crippen molar-refractivity contribution in [1.82, 2.24) is 0 Å². The molecule has 7 heteroatoms. The highest BCUT2D eigenvalue weighted by molar-refractivity contribution is 5.93. The van der Waals surface area contributed by atoms with E-state index in [0.717, 1.165) is 0 Å². The molecule has 0 saturated carbocycles. The number of carbonyl (C=O) groups excluding carboxylic acids is 1. The largest absolute Gasteiger partial charge is 0.496 e.